The van der Waals surface area contributed by atoms with Gasteiger partial charge >= 0.3 is 0 Å². The number of nitrogens with zero attached hydrogens (tertiary/aromatic N) is 1. The summed E-state index contributed by atoms with van der Waals surface area (Å²) in [7, 11) is 0. The van der Waals surface area contributed by atoms with Gasteiger partial charge in [-0.2, -0.15) is 0 Å². The highest BCUT2D eigenvalue weighted by Gasteiger charge is 2.32. The average Bonchev–Trinajstić information content (AvgIpc) is 2.93. The van der Waals surface area contributed by atoms with Crippen molar-refractivity contribution in [3.05, 3.63) is 51.2 Å². The van der Waals surface area contributed by atoms with Gasteiger partial charge in [0.15, 0.2) is 5.82 Å². The van der Waals surface area contributed by atoms with Gasteiger partial charge in [-0.15, -0.1) is 11.3 Å². The third-order valence-electron chi connectivity index (χ3n) is 3.87. The molecule has 1 aromatic heterocycles. The predicted molar refractivity (Wildman–Crippen MR) is 78.2 cm³/mol. The summed E-state index contributed by atoms with van der Waals surface area (Å²) in [6.45, 7) is 2.31. The molecule has 1 atom stereocenters. The number of amides is 1. The number of nitrogens with two attached hydrogens (primary N) is 1. The third-order valence-corrected chi connectivity index (χ3v) is 4.87. The highest BCUT2D eigenvalue weighted by molar-refractivity contribution is 7.10. The Balaban J connectivity index is 1.99. The molecule has 0 spiro atoms. The minimum atomic E-state index is -0.983. The van der Waals surface area contributed by atoms with Crippen LogP contribution in [0.25, 0.3) is 0 Å². The van der Waals surface area contributed by atoms with Crippen molar-refractivity contribution in [2.24, 2.45) is 0 Å². The van der Waals surface area contributed by atoms with Crippen molar-refractivity contribution in [2.45, 2.75) is 19.4 Å². The lowest BCUT2D eigenvalue weighted by atomic mass is 10.00. The smallest absolute Gasteiger partial charge is 0.260 e. The summed E-state index contributed by atoms with van der Waals surface area (Å²) < 4.78 is 27.9. The van der Waals surface area contributed by atoms with Gasteiger partial charge in [0, 0.05) is 11.4 Å². The van der Waals surface area contributed by atoms with Crippen molar-refractivity contribution in [3.8, 4) is 0 Å². The predicted octanol–water partition coefficient (Wildman–Crippen LogP) is 3.37. The van der Waals surface area contributed by atoms with Gasteiger partial charge in [-0.1, -0.05) is 0 Å². The summed E-state index contributed by atoms with van der Waals surface area (Å²) in [6, 6.07) is 3.90. The van der Waals surface area contributed by atoms with E-state index in [9.17, 15) is 13.6 Å². The van der Waals surface area contributed by atoms with E-state index >= 15 is 0 Å². The zero-order valence-corrected chi connectivity index (χ0v) is 12.2. The van der Waals surface area contributed by atoms with E-state index in [-0.39, 0.29) is 11.7 Å². The molecule has 2 aromatic rings. The molecule has 6 heteroatoms. The van der Waals surface area contributed by atoms with Crippen LogP contribution in [0.15, 0.2) is 23.6 Å². The van der Waals surface area contributed by atoms with Crippen LogP contribution in [0.4, 0.5) is 14.5 Å². The Bertz CT molecular complexity index is 714. The van der Waals surface area contributed by atoms with Crippen molar-refractivity contribution in [1.29, 1.82) is 0 Å². The fraction of sp³-hybridized carbons (Fsp3) is 0.267. The Morgan fingerprint density at radius 2 is 2.14 bits per heavy atom. The number of carbonyl (C=O) groups excluding carboxylic acids is 1. The van der Waals surface area contributed by atoms with Gasteiger partial charge in [0.2, 0.25) is 0 Å². The van der Waals surface area contributed by atoms with Gasteiger partial charge in [-0.25, -0.2) is 8.78 Å². The van der Waals surface area contributed by atoms with E-state index < -0.39 is 23.1 Å². The number of halogens is 2. The quantitative estimate of drug-likeness (QED) is 0.821. The fourth-order valence-electron chi connectivity index (χ4n) is 2.70. The maximum atomic E-state index is 14.0. The molecule has 110 valence electrons. The second kappa shape index (κ2) is 5.11. The SMILES string of the molecule is CC1c2ccsc2CCN1C(=O)c1c(F)ccc(N)c1F. The molecular weight excluding hydrogens is 294 g/mol. The van der Waals surface area contributed by atoms with E-state index in [2.05, 4.69) is 0 Å². The molecule has 3 rings (SSSR count). The van der Waals surface area contributed by atoms with Crippen LogP contribution in [0.5, 0.6) is 0 Å². The molecule has 1 amide bonds. The van der Waals surface area contributed by atoms with Crippen molar-refractivity contribution in [1.82, 2.24) is 4.90 Å². The molecule has 1 unspecified atom stereocenters. The molecule has 1 aliphatic heterocycles. The number of hydrogen-bond acceptors (Lipinski definition) is 3. The minimum absolute atomic E-state index is 0.201. The third kappa shape index (κ3) is 2.19. The Labute approximate surface area is 125 Å². The molecule has 1 aromatic carbocycles. The summed E-state index contributed by atoms with van der Waals surface area (Å²) in [5.41, 5.74) is 5.70. The van der Waals surface area contributed by atoms with Crippen LogP contribution in [-0.4, -0.2) is 17.4 Å². The number of benzene rings is 1. The topological polar surface area (TPSA) is 46.3 Å². The largest absolute Gasteiger partial charge is 0.396 e. The summed E-state index contributed by atoms with van der Waals surface area (Å²) >= 11 is 1.64. The van der Waals surface area contributed by atoms with Gasteiger partial charge in [-0.3, -0.25) is 4.79 Å². The molecule has 0 aliphatic carbocycles. The van der Waals surface area contributed by atoms with Crippen LogP contribution in [0.1, 0.15) is 33.8 Å². The summed E-state index contributed by atoms with van der Waals surface area (Å²) in [6.07, 6.45) is 0.703. The minimum Gasteiger partial charge on any atom is -0.396 e. The first-order valence-electron chi connectivity index (χ1n) is 6.61. The van der Waals surface area contributed by atoms with Crippen LogP contribution in [-0.2, 0) is 6.42 Å². The Hall–Kier alpha value is -1.95. The van der Waals surface area contributed by atoms with E-state index in [1.165, 1.54) is 9.78 Å². The molecule has 0 fully saturated rings. The van der Waals surface area contributed by atoms with Crippen LogP contribution in [0, 0.1) is 11.6 Å². The number of thiophene rings is 1. The average molecular weight is 308 g/mol. The van der Waals surface area contributed by atoms with E-state index in [4.69, 9.17) is 5.73 Å². The summed E-state index contributed by atoms with van der Waals surface area (Å²) in [5, 5.41) is 1.97. The molecule has 2 heterocycles. The van der Waals surface area contributed by atoms with Gasteiger partial charge < -0.3 is 10.6 Å². The van der Waals surface area contributed by atoms with E-state index in [0.29, 0.717) is 13.0 Å². The molecule has 0 bridgehead atoms. The molecule has 0 radical (unpaired) electrons. The van der Waals surface area contributed by atoms with Gasteiger partial charge in [0.25, 0.3) is 5.91 Å². The van der Waals surface area contributed by atoms with Crippen LogP contribution < -0.4 is 5.73 Å². The van der Waals surface area contributed by atoms with Crippen LogP contribution in [0.3, 0.4) is 0 Å². The first-order valence-corrected chi connectivity index (χ1v) is 7.49. The maximum Gasteiger partial charge on any atom is 0.260 e. The lowest BCUT2D eigenvalue weighted by Crippen LogP contribution is -2.39. The molecule has 21 heavy (non-hydrogen) atoms. The number of nitrogen functional groups attached to an aromatic ring is 1. The number of anilines is 1. The molecular formula is C15H14F2N2OS. The molecule has 2 N–H and O–H groups in total. The second-order valence-corrected chi connectivity index (χ2v) is 6.05. The molecule has 1 aliphatic rings. The standard InChI is InChI=1S/C15H14F2N2OS/c1-8-9-5-7-21-12(9)4-6-19(8)15(20)13-10(16)2-3-11(18)14(13)17/h2-3,5,7-8H,4,6,18H2,1H3. The van der Waals surface area contributed by atoms with Crippen LogP contribution in [0.2, 0.25) is 0 Å². The zero-order chi connectivity index (χ0) is 15.1. The summed E-state index contributed by atoms with van der Waals surface area (Å²) in [4.78, 5) is 15.2. The first-order chi connectivity index (χ1) is 10.0. The normalized spacial score (nSPS) is 17.7. The van der Waals surface area contributed by atoms with Crippen molar-refractivity contribution >= 4 is 22.9 Å². The zero-order valence-electron chi connectivity index (χ0n) is 11.4. The van der Waals surface area contributed by atoms with E-state index in [1.54, 1.807) is 11.3 Å². The Morgan fingerprint density at radius 3 is 2.90 bits per heavy atom. The monoisotopic (exact) mass is 308 g/mol. The van der Waals surface area contributed by atoms with Gasteiger partial charge in [0.1, 0.15) is 11.4 Å². The Morgan fingerprint density at radius 1 is 1.38 bits per heavy atom. The van der Waals surface area contributed by atoms with Crippen LogP contribution >= 0.6 is 11.3 Å². The van der Waals surface area contributed by atoms with Crippen molar-refractivity contribution < 1.29 is 13.6 Å². The number of hydrogen-bond donors (Lipinski definition) is 1. The fourth-order valence-corrected chi connectivity index (χ4v) is 3.66. The number of carbonyl (C=O) groups is 1. The van der Waals surface area contributed by atoms with Crippen molar-refractivity contribution in [3.63, 3.8) is 0 Å². The number of fused-ring (bicyclic) bond motifs is 1. The second-order valence-electron chi connectivity index (χ2n) is 5.05. The van der Waals surface area contributed by atoms with E-state index in [0.717, 1.165) is 17.7 Å². The Kier molecular flexibility index (Phi) is 3.41. The number of rotatable bonds is 1. The molecule has 0 saturated heterocycles. The molecule has 0 saturated carbocycles. The maximum absolute atomic E-state index is 14.0. The van der Waals surface area contributed by atoms with Gasteiger partial charge in [-0.05, 0) is 42.5 Å². The lowest BCUT2D eigenvalue weighted by molar-refractivity contribution is 0.0669. The van der Waals surface area contributed by atoms with Gasteiger partial charge in [0.05, 0.1) is 11.7 Å². The first kappa shape index (κ1) is 14.0. The van der Waals surface area contributed by atoms with Crippen molar-refractivity contribution in [2.75, 3.05) is 12.3 Å². The molecule has 3 nitrogen and oxygen atoms in total. The highest BCUT2D eigenvalue weighted by Crippen LogP contribution is 2.34. The lowest BCUT2D eigenvalue weighted by Gasteiger charge is -2.33. The van der Waals surface area contributed by atoms with E-state index in [1.807, 2.05) is 18.4 Å². The summed E-state index contributed by atoms with van der Waals surface area (Å²) in [5.74, 6) is -2.51. The highest BCUT2D eigenvalue weighted by atomic mass is 32.1.